The second-order valence-electron chi connectivity index (χ2n) is 2.28. The van der Waals surface area contributed by atoms with Crippen LogP contribution in [0, 0.1) is 0 Å². The Labute approximate surface area is 75.5 Å². The molecule has 0 saturated carbocycles. The molecule has 0 aliphatic carbocycles. The van der Waals surface area contributed by atoms with Gasteiger partial charge in [-0.3, -0.25) is 0 Å². The van der Waals surface area contributed by atoms with Gasteiger partial charge in [0.1, 0.15) is 12.7 Å². The maximum atomic E-state index is 10.8. The normalized spacial score (nSPS) is 11.8. The number of ether oxygens (including phenoxy) is 1. The first-order chi connectivity index (χ1) is 6.24. The van der Waals surface area contributed by atoms with Crippen LogP contribution < -0.4 is 0 Å². The molecule has 0 aromatic carbocycles. The minimum atomic E-state index is -0.493. The third-order valence-electron chi connectivity index (χ3n) is 1.34. The largest absolute Gasteiger partial charge is 0.451 e. The number of rotatable bonds is 3. The lowest BCUT2D eigenvalue weighted by molar-refractivity contribution is -0.142. The van der Waals surface area contributed by atoms with Crippen LogP contribution in [0.5, 0.6) is 0 Å². The van der Waals surface area contributed by atoms with E-state index in [0.29, 0.717) is 5.82 Å². The second-order valence-corrected chi connectivity index (χ2v) is 2.28. The fraction of sp³-hybridized carbons (Fsp3) is 0.250. The van der Waals surface area contributed by atoms with E-state index < -0.39 is 12.1 Å². The van der Waals surface area contributed by atoms with Crippen LogP contribution in [-0.4, -0.2) is 20.9 Å². The summed E-state index contributed by atoms with van der Waals surface area (Å²) >= 11 is 0. The van der Waals surface area contributed by atoms with Gasteiger partial charge in [-0.2, -0.15) is 0 Å². The molecule has 13 heavy (non-hydrogen) atoms. The Kier molecular flexibility index (Phi) is 3.08. The third-order valence-corrected chi connectivity index (χ3v) is 1.34. The van der Waals surface area contributed by atoms with Crippen molar-refractivity contribution in [2.45, 2.75) is 13.0 Å². The molecule has 1 atom stereocenters. The first-order valence-electron chi connectivity index (χ1n) is 3.69. The van der Waals surface area contributed by atoms with Crippen molar-refractivity contribution < 1.29 is 9.53 Å². The summed E-state index contributed by atoms with van der Waals surface area (Å²) in [6.45, 7) is 4.96. The minimum Gasteiger partial charge on any atom is -0.451 e. The van der Waals surface area contributed by atoms with Crippen molar-refractivity contribution in [1.82, 2.24) is 15.0 Å². The van der Waals surface area contributed by atoms with Gasteiger partial charge in [-0.05, 0) is 6.92 Å². The number of esters is 1. The van der Waals surface area contributed by atoms with Crippen LogP contribution in [0.2, 0.25) is 0 Å². The number of carbonyl (C=O) groups excluding carboxylic acids is 1. The van der Waals surface area contributed by atoms with E-state index in [1.54, 1.807) is 6.92 Å². The molecule has 1 aromatic rings. The Hall–Kier alpha value is -1.78. The zero-order chi connectivity index (χ0) is 9.68. The molecule has 0 saturated heterocycles. The molecule has 1 heterocycles. The molecule has 0 bridgehead atoms. The predicted molar refractivity (Wildman–Crippen MR) is 44.5 cm³/mol. The lowest BCUT2D eigenvalue weighted by Gasteiger charge is -2.08. The summed E-state index contributed by atoms with van der Waals surface area (Å²) in [4.78, 5) is 22.1. The molecule has 1 aromatic heterocycles. The predicted octanol–water partition coefficient (Wildman–Crippen LogP) is 0.662. The molecule has 68 valence electrons. The van der Waals surface area contributed by atoms with Gasteiger partial charge < -0.3 is 4.74 Å². The fourth-order valence-electron chi connectivity index (χ4n) is 0.733. The number of hydrogen-bond donors (Lipinski definition) is 0. The van der Waals surface area contributed by atoms with Crippen molar-refractivity contribution >= 4 is 5.97 Å². The highest BCUT2D eigenvalue weighted by Crippen LogP contribution is 2.09. The highest BCUT2D eigenvalue weighted by atomic mass is 16.5. The highest BCUT2D eigenvalue weighted by Gasteiger charge is 2.11. The lowest BCUT2D eigenvalue weighted by atomic mass is 10.4. The Morgan fingerprint density at radius 3 is 2.77 bits per heavy atom. The Morgan fingerprint density at radius 1 is 1.62 bits per heavy atom. The number of carbonyl (C=O) groups is 1. The van der Waals surface area contributed by atoms with Crippen LogP contribution in [0.3, 0.4) is 0 Å². The molecule has 5 heteroatoms. The molecule has 0 fully saturated rings. The van der Waals surface area contributed by atoms with Crippen LogP contribution in [0.25, 0.3) is 0 Å². The third kappa shape index (κ3) is 2.62. The van der Waals surface area contributed by atoms with E-state index in [1.165, 1.54) is 12.7 Å². The zero-order valence-corrected chi connectivity index (χ0v) is 7.17. The summed E-state index contributed by atoms with van der Waals surface area (Å²) < 4.78 is 4.88. The van der Waals surface area contributed by atoms with Crippen molar-refractivity contribution in [1.29, 1.82) is 0 Å². The van der Waals surface area contributed by atoms with Gasteiger partial charge >= 0.3 is 5.97 Å². The topological polar surface area (TPSA) is 65.0 Å². The highest BCUT2D eigenvalue weighted by molar-refractivity contribution is 5.81. The van der Waals surface area contributed by atoms with Gasteiger partial charge in [-0.1, -0.05) is 6.58 Å². The van der Waals surface area contributed by atoms with Gasteiger partial charge in [0.05, 0.1) is 0 Å². The van der Waals surface area contributed by atoms with Crippen molar-refractivity contribution in [3.8, 4) is 0 Å². The molecular formula is C8H9N3O2. The summed E-state index contributed by atoms with van der Waals surface area (Å²) in [5.41, 5.74) is 0. The first-order valence-corrected chi connectivity index (χ1v) is 3.69. The van der Waals surface area contributed by atoms with E-state index in [2.05, 4.69) is 21.5 Å². The van der Waals surface area contributed by atoms with Crippen LogP contribution in [0.1, 0.15) is 18.9 Å². The molecule has 1 rings (SSSR count). The lowest BCUT2D eigenvalue weighted by Crippen LogP contribution is -2.09. The molecule has 0 aliphatic rings. The van der Waals surface area contributed by atoms with E-state index in [4.69, 9.17) is 4.74 Å². The van der Waals surface area contributed by atoms with Gasteiger partial charge in [-0.25, -0.2) is 19.7 Å². The number of hydrogen-bond acceptors (Lipinski definition) is 5. The molecule has 0 radical (unpaired) electrons. The Balaban J connectivity index is 2.63. The number of aromatic nitrogens is 3. The van der Waals surface area contributed by atoms with Gasteiger partial charge in [0.2, 0.25) is 0 Å². The average Bonchev–Trinajstić information content (AvgIpc) is 2.19. The van der Waals surface area contributed by atoms with Crippen molar-refractivity contribution in [3.05, 3.63) is 31.1 Å². The molecule has 5 nitrogen and oxygen atoms in total. The van der Waals surface area contributed by atoms with E-state index in [9.17, 15) is 4.79 Å². The summed E-state index contributed by atoms with van der Waals surface area (Å²) in [7, 11) is 0. The first kappa shape index (κ1) is 9.31. The van der Waals surface area contributed by atoms with Gasteiger partial charge in [0.25, 0.3) is 0 Å². The molecular weight excluding hydrogens is 170 g/mol. The summed E-state index contributed by atoms with van der Waals surface area (Å²) in [5, 5.41) is 0. The summed E-state index contributed by atoms with van der Waals surface area (Å²) in [6.07, 6.45) is 3.31. The Bertz CT molecular complexity index is 300. The quantitative estimate of drug-likeness (QED) is 0.503. The minimum absolute atomic E-state index is 0.421. The average molecular weight is 179 g/mol. The van der Waals surface area contributed by atoms with E-state index in [0.717, 1.165) is 6.08 Å². The molecule has 1 unspecified atom stereocenters. The van der Waals surface area contributed by atoms with Gasteiger partial charge in [-0.15, -0.1) is 0 Å². The standard InChI is InChI=1S/C8H9N3O2/c1-3-7(12)13-6(2)8-10-4-9-5-11-8/h3-6H,1H2,2H3. The summed E-state index contributed by atoms with van der Waals surface area (Å²) in [5.74, 6) is -0.0712. The van der Waals surface area contributed by atoms with Crippen molar-refractivity contribution in [2.75, 3.05) is 0 Å². The van der Waals surface area contributed by atoms with Crippen LogP contribution in [-0.2, 0) is 9.53 Å². The van der Waals surface area contributed by atoms with E-state index in [-0.39, 0.29) is 0 Å². The van der Waals surface area contributed by atoms with Gasteiger partial charge in [0, 0.05) is 6.08 Å². The molecule has 0 spiro atoms. The van der Waals surface area contributed by atoms with Crippen molar-refractivity contribution in [3.63, 3.8) is 0 Å². The monoisotopic (exact) mass is 179 g/mol. The van der Waals surface area contributed by atoms with Crippen LogP contribution in [0.4, 0.5) is 0 Å². The maximum Gasteiger partial charge on any atom is 0.330 e. The molecule has 0 amide bonds. The number of nitrogens with zero attached hydrogens (tertiary/aromatic N) is 3. The SMILES string of the molecule is C=CC(=O)OC(C)c1ncncn1. The summed E-state index contributed by atoms with van der Waals surface area (Å²) in [6, 6.07) is 0. The Morgan fingerprint density at radius 2 is 2.23 bits per heavy atom. The second kappa shape index (κ2) is 4.30. The van der Waals surface area contributed by atoms with Gasteiger partial charge in [0.15, 0.2) is 11.9 Å². The van der Waals surface area contributed by atoms with E-state index in [1.807, 2.05) is 0 Å². The van der Waals surface area contributed by atoms with Crippen molar-refractivity contribution in [2.24, 2.45) is 0 Å². The van der Waals surface area contributed by atoms with Crippen LogP contribution in [0.15, 0.2) is 25.3 Å². The van der Waals surface area contributed by atoms with Crippen LogP contribution >= 0.6 is 0 Å². The molecule has 0 N–H and O–H groups in total. The fourth-order valence-corrected chi connectivity index (χ4v) is 0.733. The smallest absolute Gasteiger partial charge is 0.330 e. The zero-order valence-electron chi connectivity index (χ0n) is 7.17. The van der Waals surface area contributed by atoms with E-state index >= 15 is 0 Å². The maximum absolute atomic E-state index is 10.8. The molecule has 0 aliphatic heterocycles.